The quantitative estimate of drug-likeness (QED) is 0.762. The van der Waals surface area contributed by atoms with E-state index in [-0.39, 0.29) is 0 Å². The zero-order chi connectivity index (χ0) is 13.9. The van der Waals surface area contributed by atoms with Crippen LogP contribution in [0.15, 0.2) is 48.7 Å². The van der Waals surface area contributed by atoms with Crippen LogP contribution in [0.2, 0.25) is 0 Å². The van der Waals surface area contributed by atoms with Crippen LogP contribution in [0.1, 0.15) is 0 Å². The number of rotatable bonds is 3. The van der Waals surface area contributed by atoms with Crippen LogP contribution >= 0.6 is 0 Å². The van der Waals surface area contributed by atoms with Gasteiger partial charge in [-0.25, -0.2) is 0 Å². The van der Waals surface area contributed by atoms with Gasteiger partial charge in [0.25, 0.3) is 0 Å². The summed E-state index contributed by atoms with van der Waals surface area (Å²) >= 11 is 0. The van der Waals surface area contributed by atoms with Crippen LogP contribution in [0.3, 0.4) is 0 Å². The molecule has 3 rings (SSSR count). The van der Waals surface area contributed by atoms with Crippen LogP contribution in [0.4, 0.5) is 17.2 Å². The van der Waals surface area contributed by atoms with E-state index in [0.717, 1.165) is 16.6 Å². The summed E-state index contributed by atoms with van der Waals surface area (Å²) in [5.74, 6) is 1.07. The molecule has 0 saturated heterocycles. The molecule has 0 atom stereocenters. The lowest BCUT2D eigenvalue weighted by Crippen LogP contribution is -2.01. The van der Waals surface area contributed by atoms with E-state index in [1.165, 1.54) is 0 Å². The summed E-state index contributed by atoms with van der Waals surface area (Å²) in [7, 11) is 1.57. The molecule has 20 heavy (non-hydrogen) atoms. The third-order valence-corrected chi connectivity index (χ3v) is 3.00. The van der Waals surface area contributed by atoms with Gasteiger partial charge in [-0.1, -0.05) is 18.2 Å². The number of nitrogens with zero attached hydrogens (tertiary/aromatic N) is 2. The van der Waals surface area contributed by atoms with Crippen LogP contribution in [-0.4, -0.2) is 17.1 Å². The molecular formula is C15H14N4O. The van der Waals surface area contributed by atoms with Gasteiger partial charge in [-0.15, -0.1) is 0 Å². The minimum Gasteiger partial charge on any atom is -0.481 e. The highest BCUT2D eigenvalue weighted by atomic mass is 16.5. The van der Waals surface area contributed by atoms with Crippen molar-refractivity contribution in [3.63, 3.8) is 0 Å². The van der Waals surface area contributed by atoms with Crippen molar-refractivity contribution >= 4 is 28.1 Å². The standard InChI is InChI=1S/C15H14N4O/c1-20-13-8-7-11(16)15(19-13)18-12-6-2-4-10-5-3-9-17-14(10)12/h2-9H,16H2,1H3,(H,18,19). The first-order valence-electron chi connectivity index (χ1n) is 6.19. The Kier molecular flexibility index (Phi) is 3.09. The molecule has 0 bridgehead atoms. The second kappa shape index (κ2) is 5.05. The first-order chi connectivity index (χ1) is 9.78. The number of pyridine rings is 2. The summed E-state index contributed by atoms with van der Waals surface area (Å²) in [5.41, 5.74) is 8.22. The molecular weight excluding hydrogens is 252 g/mol. The molecule has 0 saturated carbocycles. The number of ether oxygens (including phenoxy) is 1. The van der Waals surface area contributed by atoms with Crippen LogP contribution in [0.5, 0.6) is 5.88 Å². The third-order valence-electron chi connectivity index (χ3n) is 3.00. The van der Waals surface area contributed by atoms with Crippen molar-refractivity contribution in [3.8, 4) is 5.88 Å². The molecule has 1 aromatic carbocycles. The molecule has 100 valence electrons. The van der Waals surface area contributed by atoms with E-state index in [9.17, 15) is 0 Å². The van der Waals surface area contributed by atoms with E-state index in [2.05, 4.69) is 15.3 Å². The number of aromatic nitrogens is 2. The Bertz CT molecular complexity index is 752. The van der Waals surface area contributed by atoms with Crippen molar-refractivity contribution in [2.75, 3.05) is 18.2 Å². The maximum absolute atomic E-state index is 5.94. The number of hydrogen-bond donors (Lipinski definition) is 2. The summed E-state index contributed by atoms with van der Waals surface area (Å²) in [6, 6.07) is 13.3. The first kappa shape index (κ1) is 12.2. The highest BCUT2D eigenvalue weighted by molar-refractivity contribution is 5.92. The number of nitrogens with two attached hydrogens (primary N) is 1. The number of methoxy groups -OCH3 is 1. The number of para-hydroxylation sites is 1. The smallest absolute Gasteiger partial charge is 0.215 e. The van der Waals surface area contributed by atoms with Crippen LogP contribution in [-0.2, 0) is 0 Å². The summed E-state index contributed by atoms with van der Waals surface area (Å²) in [6.07, 6.45) is 1.76. The monoisotopic (exact) mass is 266 g/mol. The zero-order valence-corrected chi connectivity index (χ0v) is 11.0. The van der Waals surface area contributed by atoms with E-state index in [1.807, 2.05) is 30.3 Å². The Morgan fingerprint density at radius 1 is 1.10 bits per heavy atom. The Morgan fingerprint density at radius 2 is 1.95 bits per heavy atom. The van der Waals surface area contributed by atoms with Gasteiger partial charge in [0.15, 0.2) is 5.82 Å². The van der Waals surface area contributed by atoms with Crippen molar-refractivity contribution < 1.29 is 4.74 Å². The molecule has 0 fully saturated rings. The van der Waals surface area contributed by atoms with Gasteiger partial charge in [0, 0.05) is 17.6 Å². The van der Waals surface area contributed by atoms with E-state index in [1.54, 1.807) is 25.4 Å². The average molecular weight is 266 g/mol. The van der Waals surface area contributed by atoms with E-state index < -0.39 is 0 Å². The van der Waals surface area contributed by atoms with Crippen molar-refractivity contribution in [3.05, 3.63) is 48.7 Å². The lowest BCUT2D eigenvalue weighted by molar-refractivity contribution is 0.398. The molecule has 0 aliphatic carbocycles. The number of nitrogens with one attached hydrogen (secondary N) is 1. The highest BCUT2D eigenvalue weighted by Crippen LogP contribution is 2.27. The maximum Gasteiger partial charge on any atom is 0.215 e. The Labute approximate surface area is 116 Å². The Morgan fingerprint density at radius 3 is 2.80 bits per heavy atom. The lowest BCUT2D eigenvalue weighted by atomic mass is 10.2. The second-order valence-corrected chi connectivity index (χ2v) is 4.30. The summed E-state index contributed by atoms with van der Waals surface area (Å²) in [4.78, 5) is 8.69. The molecule has 5 nitrogen and oxygen atoms in total. The number of hydrogen-bond acceptors (Lipinski definition) is 5. The number of nitrogen functional groups attached to an aromatic ring is 1. The second-order valence-electron chi connectivity index (χ2n) is 4.30. The van der Waals surface area contributed by atoms with Gasteiger partial charge < -0.3 is 15.8 Å². The lowest BCUT2D eigenvalue weighted by Gasteiger charge is -2.11. The van der Waals surface area contributed by atoms with Gasteiger partial charge in [-0.3, -0.25) is 4.98 Å². The number of anilines is 3. The van der Waals surface area contributed by atoms with E-state index in [0.29, 0.717) is 17.4 Å². The first-order valence-corrected chi connectivity index (χ1v) is 6.19. The molecule has 0 aliphatic heterocycles. The SMILES string of the molecule is COc1ccc(N)c(Nc2cccc3cccnc23)n1. The Balaban J connectivity index is 2.05. The van der Waals surface area contributed by atoms with Crippen LogP contribution in [0.25, 0.3) is 10.9 Å². The van der Waals surface area contributed by atoms with Gasteiger partial charge in [-0.2, -0.15) is 4.98 Å². The molecule has 0 spiro atoms. The molecule has 0 amide bonds. The average Bonchev–Trinajstić information content (AvgIpc) is 2.50. The third kappa shape index (κ3) is 2.21. The van der Waals surface area contributed by atoms with Crippen molar-refractivity contribution in [2.45, 2.75) is 0 Å². The largest absolute Gasteiger partial charge is 0.481 e. The molecule has 0 unspecified atom stereocenters. The molecule has 5 heteroatoms. The predicted molar refractivity (Wildman–Crippen MR) is 80.2 cm³/mol. The molecule has 0 aliphatic rings. The fourth-order valence-electron chi connectivity index (χ4n) is 2.00. The van der Waals surface area contributed by atoms with Crippen LogP contribution < -0.4 is 15.8 Å². The van der Waals surface area contributed by atoms with Crippen molar-refractivity contribution in [2.24, 2.45) is 0 Å². The minimum atomic E-state index is 0.509. The molecule has 0 radical (unpaired) electrons. The summed E-state index contributed by atoms with van der Waals surface area (Å²) in [6.45, 7) is 0. The molecule has 3 N–H and O–H groups in total. The zero-order valence-electron chi connectivity index (χ0n) is 11.0. The number of fused-ring (bicyclic) bond motifs is 1. The van der Waals surface area contributed by atoms with Crippen molar-refractivity contribution in [1.29, 1.82) is 0 Å². The fourth-order valence-corrected chi connectivity index (χ4v) is 2.00. The van der Waals surface area contributed by atoms with Gasteiger partial charge in [0.05, 0.1) is 24.0 Å². The van der Waals surface area contributed by atoms with Crippen molar-refractivity contribution in [1.82, 2.24) is 9.97 Å². The highest BCUT2D eigenvalue weighted by Gasteiger charge is 2.07. The van der Waals surface area contributed by atoms with Crippen LogP contribution in [0, 0.1) is 0 Å². The summed E-state index contributed by atoms with van der Waals surface area (Å²) in [5, 5.41) is 4.27. The number of benzene rings is 1. The topological polar surface area (TPSA) is 73.1 Å². The molecule has 2 aromatic heterocycles. The van der Waals surface area contributed by atoms with E-state index >= 15 is 0 Å². The van der Waals surface area contributed by atoms with Gasteiger partial charge in [-0.05, 0) is 18.2 Å². The Hall–Kier alpha value is -2.82. The fraction of sp³-hybridized carbons (Fsp3) is 0.0667. The van der Waals surface area contributed by atoms with Gasteiger partial charge in [0.2, 0.25) is 5.88 Å². The summed E-state index contributed by atoms with van der Waals surface area (Å²) < 4.78 is 5.11. The maximum atomic E-state index is 5.94. The normalized spacial score (nSPS) is 10.4. The molecule has 3 aromatic rings. The predicted octanol–water partition coefficient (Wildman–Crippen LogP) is 2.96. The minimum absolute atomic E-state index is 0.509. The molecule has 2 heterocycles. The van der Waals surface area contributed by atoms with Gasteiger partial charge in [0.1, 0.15) is 0 Å². The van der Waals surface area contributed by atoms with Gasteiger partial charge >= 0.3 is 0 Å². The van der Waals surface area contributed by atoms with E-state index in [4.69, 9.17) is 10.5 Å².